The van der Waals surface area contributed by atoms with Crippen molar-refractivity contribution in [3.05, 3.63) is 59.4 Å². The van der Waals surface area contributed by atoms with E-state index in [0.717, 1.165) is 31.6 Å². The third-order valence-electron chi connectivity index (χ3n) is 5.55. The molecule has 1 fully saturated rings. The fraction of sp³-hybridized carbons (Fsp3) is 0.364. The molecule has 0 radical (unpaired) electrons. The van der Waals surface area contributed by atoms with Crippen LogP contribution in [0.3, 0.4) is 0 Å². The predicted molar refractivity (Wildman–Crippen MR) is 109 cm³/mol. The van der Waals surface area contributed by atoms with Crippen LogP contribution >= 0.6 is 0 Å². The Labute approximate surface area is 169 Å². The number of aromatic nitrogens is 1. The summed E-state index contributed by atoms with van der Waals surface area (Å²) in [4.78, 5) is 47.4. The molecular weight excluding hydrogens is 368 g/mol. The second-order valence-corrected chi connectivity index (χ2v) is 7.36. The maximum Gasteiger partial charge on any atom is 0.261 e. The van der Waals surface area contributed by atoms with Gasteiger partial charge in [0.1, 0.15) is 0 Å². The molecule has 2 aromatic rings. The summed E-state index contributed by atoms with van der Waals surface area (Å²) in [5.41, 5.74) is 2.29. The minimum absolute atomic E-state index is 0.102. The van der Waals surface area contributed by atoms with Crippen LogP contribution in [-0.2, 0) is 0 Å². The average Bonchev–Trinajstić information content (AvgIpc) is 3.01. The molecule has 3 amide bonds. The Hall–Kier alpha value is -3.22. The number of benzene rings is 1. The van der Waals surface area contributed by atoms with E-state index in [9.17, 15) is 14.4 Å². The zero-order chi connectivity index (χ0) is 20.4. The van der Waals surface area contributed by atoms with Gasteiger partial charge in [-0.25, -0.2) is 0 Å². The maximum atomic E-state index is 13.0. The number of amides is 3. The molecule has 3 heterocycles. The molecule has 150 valence electrons. The van der Waals surface area contributed by atoms with Crippen LogP contribution in [0.5, 0.6) is 0 Å². The molecule has 4 rings (SSSR count). The van der Waals surface area contributed by atoms with Crippen molar-refractivity contribution < 1.29 is 14.4 Å². The van der Waals surface area contributed by atoms with Gasteiger partial charge in [0.05, 0.1) is 11.1 Å². The number of piperazine rings is 1. The van der Waals surface area contributed by atoms with Gasteiger partial charge in [-0.05, 0) is 36.8 Å². The van der Waals surface area contributed by atoms with Crippen molar-refractivity contribution in [1.82, 2.24) is 14.8 Å². The fourth-order valence-corrected chi connectivity index (χ4v) is 3.85. The monoisotopic (exact) mass is 392 g/mol. The standard InChI is InChI=1S/C22H24N4O3/c1-2-3-10-26-21(28)18-5-4-16(15-19(18)22(26)29)20(27)25-13-11-24(12-14-25)17-6-8-23-9-7-17/h4-9,15H,2-3,10-14H2,1H3. The third-order valence-corrected chi connectivity index (χ3v) is 5.55. The number of carbonyl (C=O) groups is 3. The first-order valence-electron chi connectivity index (χ1n) is 10.0. The number of fused-ring (bicyclic) bond motifs is 1. The summed E-state index contributed by atoms with van der Waals surface area (Å²) in [7, 11) is 0. The summed E-state index contributed by atoms with van der Waals surface area (Å²) in [5, 5.41) is 0. The highest BCUT2D eigenvalue weighted by Gasteiger charge is 2.36. The molecule has 29 heavy (non-hydrogen) atoms. The highest BCUT2D eigenvalue weighted by atomic mass is 16.2. The SMILES string of the molecule is CCCCN1C(=O)c2ccc(C(=O)N3CCN(c4ccncc4)CC3)cc2C1=O. The minimum atomic E-state index is -0.296. The summed E-state index contributed by atoms with van der Waals surface area (Å²) in [5.74, 6) is -0.659. The lowest BCUT2D eigenvalue weighted by molar-refractivity contribution is 0.0651. The zero-order valence-electron chi connectivity index (χ0n) is 16.5. The summed E-state index contributed by atoms with van der Waals surface area (Å²) in [6.45, 7) is 5.12. The number of rotatable bonds is 5. The Kier molecular flexibility index (Phi) is 5.29. The molecular formula is C22H24N4O3. The summed E-state index contributed by atoms with van der Waals surface area (Å²) in [6, 6.07) is 8.78. The number of hydrogen-bond acceptors (Lipinski definition) is 5. The van der Waals surface area contributed by atoms with Crippen molar-refractivity contribution >= 4 is 23.4 Å². The van der Waals surface area contributed by atoms with E-state index in [0.29, 0.717) is 36.3 Å². The lowest BCUT2D eigenvalue weighted by Crippen LogP contribution is -2.48. The third kappa shape index (κ3) is 3.60. The van der Waals surface area contributed by atoms with Crippen LogP contribution in [0.4, 0.5) is 5.69 Å². The Morgan fingerprint density at radius 3 is 2.34 bits per heavy atom. The molecule has 0 N–H and O–H groups in total. The number of imide groups is 1. The average molecular weight is 392 g/mol. The van der Waals surface area contributed by atoms with Crippen molar-refractivity contribution in [3.63, 3.8) is 0 Å². The summed E-state index contributed by atoms with van der Waals surface area (Å²) < 4.78 is 0. The molecule has 0 saturated carbocycles. The molecule has 1 aromatic carbocycles. The summed E-state index contributed by atoms with van der Waals surface area (Å²) >= 11 is 0. The topological polar surface area (TPSA) is 73.8 Å². The summed E-state index contributed by atoms with van der Waals surface area (Å²) in [6.07, 6.45) is 5.21. The molecule has 1 saturated heterocycles. The van der Waals surface area contributed by atoms with Crippen molar-refractivity contribution in [3.8, 4) is 0 Å². The first-order chi connectivity index (χ1) is 14.1. The number of hydrogen-bond donors (Lipinski definition) is 0. The van der Waals surface area contributed by atoms with Crippen LogP contribution < -0.4 is 4.90 Å². The molecule has 0 spiro atoms. The zero-order valence-corrected chi connectivity index (χ0v) is 16.5. The molecule has 0 unspecified atom stereocenters. The Balaban J connectivity index is 1.45. The lowest BCUT2D eigenvalue weighted by atomic mass is 10.0. The van der Waals surface area contributed by atoms with Crippen molar-refractivity contribution in [2.24, 2.45) is 0 Å². The number of unbranched alkanes of at least 4 members (excludes halogenated alkanes) is 1. The molecule has 7 heteroatoms. The number of anilines is 1. The Bertz CT molecular complexity index is 936. The normalized spacial score (nSPS) is 16.4. The fourth-order valence-electron chi connectivity index (χ4n) is 3.85. The van der Waals surface area contributed by atoms with Gasteiger partial charge in [-0.1, -0.05) is 13.3 Å². The number of pyridine rings is 1. The molecule has 0 bridgehead atoms. The molecule has 1 aromatic heterocycles. The van der Waals surface area contributed by atoms with Gasteiger partial charge in [0.25, 0.3) is 17.7 Å². The van der Waals surface area contributed by atoms with Gasteiger partial charge >= 0.3 is 0 Å². The second-order valence-electron chi connectivity index (χ2n) is 7.36. The van der Waals surface area contributed by atoms with E-state index < -0.39 is 0 Å². The van der Waals surface area contributed by atoms with Crippen LogP contribution in [0, 0.1) is 0 Å². The van der Waals surface area contributed by atoms with E-state index >= 15 is 0 Å². The van der Waals surface area contributed by atoms with E-state index in [1.165, 1.54) is 4.90 Å². The van der Waals surface area contributed by atoms with Crippen molar-refractivity contribution in [2.45, 2.75) is 19.8 Å². The van der Waals surface area contributed by atoms with Gasteiger partial charge in [0, 0.05) is 56.4 Å². The molecule has 2 aliphatic rings. The van der Waals surface area contributed by atoms with Crippen molar-refractivity contribution in [2.75, 3.05) is 37.6 Å². The van der Waals surface area contributed by atoms with E-state index in [1.807, 2.05) is 19.1 Å². The highest BCUT2D eigenvalue weighted by molar-refractivity contribution is 6.22. The van der Waals surface area contributed by atoms with E-state index in [2.05, 4.69) is 9.88 Å². The first-order valence-corrected chi connectivity index (χ1v) is 10.0. The molecule has 0 atom stereocenters. The maximum absolute atomic E-state index is 13.0. The van der Waals surface area contributed by atoms with Crippen LogP contribution in [-0.4, -0.2) is 65.2 Å². The minimum Gasteiger partial charge on any atom is -0.368 e. The number of nitrogens with zero attached hydrogens (tertiary/aromatic N) is 4. The van der Waals surface area contributed by atoms with Gasteiger partial charge in [-0.3, -0.25) is 24.3 Å². The van der Waals surface area contributed by atoms with Gasteiger partial charge in [0.2, 0.25) is 0 Å². The Morgan fingerprint density at radius 1 is 0.966 bits per heavy atom. The Morgan fingerprint density at radius 2 is 1.66 bits per heavy atom. The lowest BCUT2D eigenvalue weighted by Gasteiger charge is -2.36. The molecule has 2 aliphatic heterocycles. The number of carbonyl (C=O) groups excluding carboxylic acids is 3. The molecule has 7 nitrogen and oxygen atoms in total. The van der Waals surface area contributed by atoms with Gasteiger partial charge < -0.3 is 9.80 Å². The van der Waals surface area contributed by atoms with Gasteiger partial charge in [-0.15, -0.1) is 0 Å². The van der Waals surface area contributed by atoms with E-state index in [1.54, 1.807) is 35.5 Å². The van der Waals surface area contributed by atoms with Crippen molar-refractivity contribution in [1.29, 1.82) is 0 Å². The van der Waals surface area contributed by atoms with Crippen LogP contribution in [0.1, 0.15) is 50.8 Å². The van der Waals surface area contributed by atoms with Crippen LogP contribution in [0.15, 0.2) is 42.7 Å². The molecule has 0 aliphatic carbocycles. The largest absolute Gasteiger partial charge is 0.368 e. The van der Waals surface area contributed by atoms with Gasteiger partial charge in [-0.2, -0.15) is 0 Å². The van der Waals surface area contributed by atoms with E-state index in [4.69, 9.17) is 0 Å². The van der Waals surface area contributed by atoms with E-state index in [-0.39, 0.29) is 17.7 Å². The smallest absolute Gasteiger partial charge is 0.261 e. The predicted octanol–water partition coefficient (Wildman–Crippen LogP) is 2.44. The second kappa shape index (κ2) is 8.03. The first kappa shape index (κ1) is 19.1. The van der Waals surface area contributed by atoms with Crippen LogP contribution in [0.25, 0.3) is 0 Å². The van der Waals surface area contributed by atoms with Crippen LogP contribution in [0.2, 0.25) is 0 Å². The quantitative estimate of drug-likeness (QED) is 0.731. The highest BCUT2D eigenvalue weighted by Crippen LogP contribution is 2.25. The van der Waals surface area contributed by atoms with Gasteiger partial charge in [0.15, 0.2) is 0 Å².